The smallest absolute Gasteiger partial charge is 0.338 e. The van der Waals surface area contributed by atoms with Crippen molar-refractivity contribution in [2.75, 3.05) is 12.1 Å². The van der Waals surface area contributed by atoms with Crippen molar-refractivity contribution in [3.8, 4) is 22.8 Å². The molecule has 0 saturated carbocycles. The van der Waals surface area contributed by atoms with Gasteiger partial charge in [-0.05, 0) is 42.5 Å². The maximum atomic E-state index is 12.2. The summed E-state index contributed by atoms with van der Waals surface area (Å²) in [5.41, 5.74) is 2.24. The van der Waals surface area contributed by atoms with Gasteiger partial charge in [-0.3, -0.25) is 4.79 Å². The Hall–Kier alpha value is -3.81. The second-order valence-corrected chi connectivity index (χ2v) is 6.09. The van der Waals surface area contributed by atoms with Crippen LogP contribution in [0.5, 0.6) is 11.5 Å². The van der Waals surface area contributed by atoms with Crippen LogP contribution in [0.3, 0.4) is 0 Å². The number of nitrogens with zero attached hydrogens (tertiary/aromatic N) is 1. The van der Waals surface area contributed by atoms with E-state index in [4.69, 9.17) is 18.7 Å². The van der Waals surface area contributed by atoms with E-state index in [0.29, 0.717) is 34.2 Å². The van der Waals surface area contributed by atoms with E-state index >= 15 is 0 Å². The fourth-order valence-corrected chi connectivity index (χ4v) is 2.68. The van der Waals surface area contributed by atoms with Crippen molar-refractivity contribution in [2.24, 2.45) is 0 Å². The summed E-state index contributed by atoms with van der Waals surface area (Å²) in [6.07, 6.45) is 0. The van der Waals surface area contributed by atoms with Gasteiger partial charge in [-0.1, -0.05) is 5.16 Å². The molecule has 4 rings (SSSR count). The lowest BCUT2D eigenvalue weighted by atomic mass is 10.1. The molecule has 1 aliphatic rings. The number of hydrogen-bond donors (Lipinski definition) is 1. The third-order valence-electron chi connectivity index (χ3n) is 4.01. The first kappa shape index (κ1) is 17.6. The van der Waals surface area contributed by atoms with Crippen LogP contribution in [0.4, 0.5) is 5.69 Å². The molecule has 0 aliphatic carbocycles. The van der Waals surface area contributed by atoms with Gasteiger partial charge in [0, 0.05) is 24.2 Å². The van der Waals surface area contributed by atoms with Crippen molar-refractivity contribution < 1.29 is 28.3 Å². The number of carbonyl (C=O) groups is 2. The van der Waals surface area contributed by atoms with Gasteiger partial charge < -0.3 is 24.1 Å². The highest BCUT2D eigenvalue weighted by Gasteiger charge is 2.16. The van der Waals surface area contributed by atoms with Crippen LogP contribution in [0.1, 0.15) is 23.0 Å². The number of carbonyl (C=O) groups excluding carboxylic acids is 2. The Labute approximate surface area is 160 Å². The molecule has 1 aliphatic heterocycles. The van der Waals surface area contributed by atoms with Gasteiger partial charge in [-0.15, -0.1) is 0 Å². The molecule has 0 radical (unpaired) electrons. The van der Waals surface area contributed by atoms with Crippen LogP contribution in [0.15, 0.2) is 53.1 Å². The molecular formula is C20H16N2O6. The van der Waals surface area contributed by atoms with Crippen molar-refractivity contribution >= 4 is 17.6 Å². The second kappa shape index (κ2) is 7.43. The number of amides is 1. The summed E-state index contributed by atoms with van der Waals surface area (Å²) in [5.74, 6) is 1.18. The van der Waals surface area contributed by atoms with Gasteiger partial charge in [0.1, 0.15) is 12.3 Å². The van der Waals surface area contributed by atoms with Gasteiger partial charge in [0.05, 0.1) is 5.56 Å². The standard InChI is InChI=1S/C20H16N2O6/c1-12(23)21-15-5-2-13(3-6-15)20(24)25-10-16-9-18(28-22-16)14-4-7-17-19(8-14)27-11-26-17/h2-9H,10-11H2,1H3,(H,21,23). The summed E-state index contributed by atoms with van der Waals surface area (Å²) in [6.45, 7) is 1.58. The van der Waals surface area contributed by atoms with E-state index in [9.17, 15) is 9.59 Å². The van der Waals surface area contributed by atoms with E-state index in [1.54, 1.807) is 42.5 Å². The molecule has 2 heterocycles. The molecule has 0 saturated heterocycles. The van der Waals surface area contributed by atoms with E-state index in [-0.39, 0.29) is 19.3 Å². The maximum absolute atomic E-state index is 12.2. The number of anilines is 1. The minimum Gasteiger partial charge on any atom is -0.455 e. The Bertz CT molecular complexity index is 1030. The molecule has 3 aromatic rings. The molecule has 0 atom stereocenters. The Balaban J connectivity index is 1.38. The minimum absolute atomic E-state index is 0.0274. The predicted octanol–water partition coefficient (Wildman–Crippen LogP) is 3.39. The molecule has 8 nitrogen and oxygen atoms in total. The van der Waals surface area contributed by atoms with Crippen molar-refractivity contribution in [3.63, 3.8) is 0 Å². The van der Waals surface area contributed by atoms with Gasteiger partial charge in [0.15, 0.2) is 17.3 Å². The van der Waals surface area contributed by atoms with Crippen LogP contribution in [0, 0.1) is 0 Å². The predicted molar refractivity (Wildman–Crippen MR) is 97.9 cm³/mol. The number of esters is 1. The third-order valence-corrected chi connectivity index (χ3v) is 4.01. The fourth-order valence-electron chi connectivity index (χ4n) is 2.68. The van der Waals surface area contributed by atoms with Gasteiger partial charge in [-0.25, -0.2) is 4.79 Å². The molecule has 0 unspecified atom stereocenters. The van der Waals surface area contributed by atoms with Crippen molar-refractivity contribution in [2.45, 2.75) is 13.5 Å². The van der Waals surface area contributed by atoms with Gasteiger partial charge >= 0.3 is 5.97 Å². The monoisotopic (exact) mass is 380 g/mol. The number of fused-ring (bicyclic) bond motifs is 1. The van der Waals surface area contributed by atoms with E-state index < -0.39 is 5.97 Å². The molecule has 1 aromatic heterocycles. The molecule has 28 heavy (non-hydrogen) atoms. The zero-order valence-corrected chi connectivity index (χ0v) is 14.9. The summed E-state index contributed by atoms with van der Waals surface area (Å²) in [4.78, 5) is 23.2. The lowest BCUT2D eigenvalue weighted by Gasteiger charge is -2.04. The maximum Gasteiger partial charge on any atom is 0.338 e. The van der Waals surface area contributed by atoms with E-state index in [1.807, 2.05) is 6.07 Å². The Morgan fingerprint density at radius 1 is 1.07 bits per heavy atom. The summed E-state index contributed by atoms with van der Waals surface area (Å²) in [6, 6.07) is 13.5. The highest BCUT2D eigenvalue weighted by molar-refractivity contribution is 5.92. The average molecular weight is 380 g/mol. The number of aromatic nitrogens is 1. The van der Waals surface area contributed by atoms with E-state index in [0.717, 1.165) is 5.56 Å². The average Bonchev–Trinajstić information content (AvgIpc) is 3.35. The van der Waals surface area contributed by atoms with E-state index in [2.05, 4.69) is 10.5 Å². The highest BCUT2D eigenvalue weighted by Crippen LogP contribution is 2.36. The minimum atomic E-state index is -0.498. The number of nitrogens with one attached hydrogen (secondary N) is 1. The summed E-state index contributed by atoms with van der Waals surface area (Å²) < 4.78 is 21.2. The molecular weight excluding hydrogens is 364 g/mol. The summed E-state index contributed by atoms with van der Waals surface area (Å²) in [7, 11) is 0. The van der Waals surface area contributed by atoms with Gasteiger partial charge in [0.2, 0.25) is 12.7 Å². The third kappa shape index (κ3) is 3.80. The Kier molecular flexibility index (Phi) is 4.67. The molecule has 0 spiro atoms. The molecule has 142 valence electrons. The SMILES string of the molecule is CC(=O)Nc1ccc(C(=O)OCc2cc(-c3ccc4c(c3)OCO4)on2)cc1. The zero-order valence-electron chi connectivity index (χ0n) is 14.9. The quantitative estimate of drug-likeness (QED) is 0.677. The molecule has 0 fully saturated rings. The van der Waals surface area contributed by atoms with Gasteiger partial charge in [0.25, 0.3) is 0 Å². The van der Waals surface area contributed by atoms with Crippen LogP contribution in [-0.2, 0) is 16.1 Å². The van der Waals surface area contributed by atoms with Crippen LogP contribution >= 0.6 is 0 Å². The lowest BCUT2D eigenvalue weighted by Crippen LogP contribution is -2.07. The number of benzene rings is 2. The Morgan fingerprint density at radius 3 is 2.64 bits per heavy atom. The van der Waals surface area contributed by atoms with Gasteiger partial charge in [-0.2, -0.15) is 0 Å². The normalized spacial score (nSPS) is 11.9. The molecule has 2 aromatic carbocycles. The van der Waals surface area contributed by atoms with Crippen molar-refractivity contribution in [3.05, 3.63) is 59.8 Å². The Morgan fingerprint density at radius 2 is 1.86 bits per heavy atom. The lowest BCUT2D eigenvalue weighted by molar-refractivity contribution is -0.114. The first-order valence-corrected chi connectivity index (χ1v) is 8.49. The zero-order chi connectivity index (χ0) is 19.5. The number of hydrogen-bond acceptors (Lipinski definition) is 7. The van der Waals surface area contributed by atoms with Crippen molar-refractivity contribution in [1.82, 2.24) is 5.16 Å². The van der Waals surface area contributed by atoms with E-state index in [1.165, 1.54) is 6.92 Å². The van der Waals surface area contributed by atoms with Crippen LogP contribution in [0.2, 0.25) is 0 Å². The molecule has 0 bridgehead atoms. The molecule has 8 heteroatoms. The first-order chi connectivity index (χ1) is 13.6. The largest absolute Gasteiger partial charge is 0.455 e. The van der Waals surface area contributed by atoms with Crippen LogP contribution in [0.25, 0.3) is 11.3 Å². The molecule has 1 N–H and O–H groups in total. The van der Waals surface area contributed by atoms with Crippen LogP contribution in [-0.4, -0.2) is 23.8 Å². The number of ether oxygens (including phenoxy) is 3. The fraction of sp³-hybridized carbons (Fsp3) is 0.150. The second-order valence-electron chi connectivity index (χ2n) is 6.09. The first-order valence-electron chi connectivity index (χ1n) is 8.49. The summed E-state index contributed by atoms with van der Waals surface area (Å²) in [5, 5.41) is 6.56. The topological polar surface area (TPSA) is 99.9 Å². The number of rotatable bonds is 5. The molecule has 1 amide bonds. The summed E-state index contributed by atoms with van der Waals surface area (Å²) >= 11 is 0. The van der Waals surface area contributed by atoms with Crippen molar-refractivity contribution in [1.29, 1.82) is 0 Å². The highest BCUT2D eigenvalue weighted by atomic mass is 16.7. The van der Waals surface area contributed by atoms with Crippen LogP contribution < -0.4 is 14.8 Å².